The van der Waals surface area contributed by atoms with E-state index in [4.69, 9.17) is 11.6 Å². The van der Waals surface area contributed by atoms with E-state index < -0.39 is 54.5 Å². The number of pyridine rings is 1. The quantitative estimate of drug-likeness (QED) is 0.461. The molecule has 0 bridgehead atoms. The highest BCUT2D eigenvalue weighted by Crippen LogP contribution is 2.39. The van der Waals surface area contributed by atoms with E-state index in [2.05, 4.69) is 22.4 Å². The average Bonchev–Trinajstić information content (AvgIpc) is 3.28. The molecule has 2 atom stereocenters. The zero-order valence-corrected chi connectivity index (χ0v) is 21.2. The van der Waals surface area contributed by atoms with Gasteiger partial charge in [-0.15, -0.1) is 0 Å². The number of halogens is 4. The molecule has 200 valence electrons. The number of carbonyl (C=O) groups excluding carboxylic acids is 3. The van der Waals surface area contributed by atoms with Crippen molar-refractivity contribution in [3.63, 3.8) is 0 Å². The second kappa shape index (κ2) is 10.6. The summed E-state index contributed by atoms with van der Waals surface area (Å²) in [6.45, 7) is 0. The van der Waals surface area contributed by atoms with Crippen molar-refractivity contribution in [3.05, 3.63) is 89.3 Å². The van der Waals surface area contributed by atoms with E-state index in [0.717, 1.165) is 11.0 Å². The molecule has 3 amide bonds. The molecule has 7 nitrogen and oxygen atoms in total. The van der Waals surface area contributed by atoms with E-state index in [-0.39, 0.29) is 40.8 Å². The third-order valence-electron chi connectivity index (χ3n) is 6.74. The summed E-state index contributed by atoms with van der Waals surface area (Å²) >= 11 is 6.47. The predicted molar refractivity (Wildman–Crippen MR) is 137 cm³/mol. The first-order chi connectivity index (χ1) is 18.6. The van der Waals surface area contributed by atoms with Gasteiger partial charge in [-0.1, -0.05) is 41.9 Å². The summed E-state index contributed by atoms with van der Waals surface area (Å²) in [5.41, 5.74) is 0.147. The summed E-state index contributed by atoms with van der Waals surface area (Å²) in [6.07, 6.45) is 0.544. The maximum atomic E-state index is 14.4. The van der Waals surface area contributed by atoms with Gasteiger partial charge >= 0.3 is 0 Å². The third kappa shape index (κ3) is 5.40. The molecule has 2 heterocycles. The molecule has 0 spiro atoms. The van der Waals surface area contributed by atoms with Crippen LogP contribution in [-0.2, 0) is 14.4 Å². The molecule has 1 saturated heterocycles. The fraction of sp³-hybridized carbons (Fsp3) is 0.286. The Labute approximate surface area is 227 Å². The van der Waals surface area contributed by atoms with Crippen molar-refractivity contribution < 1.29 is 27.6 Å². The number of hydrogen-bond acceptors (Lipinski definition) is 4. The Kier molecular flexibility index (Phi) is 7.19. The van der Waals surface area contributed by atoms with Crippen molar-refractivity contribution in [1.82, 2.24) is 10.3 Å². The highest BCUT2D eigenvalue weighted by molar-refractivity contribution is 6.31. The molecular weight excluding hydrogens is 533 g/mol. The van der Waals surface area contributed by atoms with Crippen LogP contribution in [0.2, 0.25) is 5.02 Å². The number of nitrogens with one attached hydrogen (secondary N) is 1. The van der Waals surface area contributed by atoms with Crippen LogP contribution in [0, 0.1) is 17.9 Å². The highest BCUT2D eigenvalue weighted by atomic mass is 35.5. The lowest BCUT2D eigenvalue weighted by atomic mass is 9.87. The molecular formula is C28H22ClF3N4O3. The standard InChI is InChI=1S/C28H22ClF3N4O3/c29-21-9-2-1-8-20(21)25(26(38)34-18-15-28(31,32)16-18)35(19-7-5-6-17(30)14-19)27(39)22-11-12-24(37)36(22)23-10-3-4-13-33-23/h1-4,7-10,13-14,18,22,25H,11-12,15-16H2,(H,34,38)/t22-,25?/m0/s1. The van der Waals surface area contributed by atoms with Gasteiger partial charge in [0.1, 0.15) is 17.9 Å². The van der Waals surface area contributed by atoms with Crippen LogP contribution in [0.15, 0.2) is 60.8 Å². The number of aromatic nitrogens is 1. The maximum Gasteiger partial charge on any atom is 0.252 e. The Balaban J connectivity index is 1.60. The third-order valence-corrected chi connectivity index (χ3v) is 7.08. The molecule has 1 aliphatic heterocycles. The Hall–Kier alpha value is -4.10. The van der Waals surface area contributed by atoms with Gasteiger partial charge in [-0.3, -0.25) is 24.2 Å². The molecule has 2 aliphatic rings. The molecule has 1 aromatic heterocycles. The first-order valence-electron chi connectivity index (χ1n) is 12.2. The van der Waals surface area contributed by atoms with Gasteiger partial charge in [-0.2, -0.15) is 4.39 Å². The van der Waals surface area contributed by atoms with Crippen LogP contribution < -0.4 is 15.1 Å². The summed E-state index contributed by atoms with van der Waals surface area (Å²) in [5.74, 6) is -5.32. The molecule has 11 heteroatoms. The normalized spacial score (nSPS) is 19.1. The minimum atomic E-state index is -2.89. The zero-order valence-electron chi connectivity index (χ0n) is 20.4. The van der Waals surface area contributed by atoms with Crippen molar-refractivity contribution >= 4 is 40.8 Å². The predicted octanol–water partition coefficient (Wildman–Crippen LogP) is 4.66. The summed E-state index contributed by atoms with van der Waals surface area (Å²) < 4.78 is 41.4. The van der Waals surface area contributed by atoms with Crippen molar-refractivity contribution in [2.45, 2.75) is 49.7 Å². The Morgan fingerprint density at radius 3 is 2.59 bits per heavy atom. The molecule has 1 unspecified atom stereocenters. The number of amides is 3. The van der Waals surface area contributed by atoms with Gasteiger partial charge < -0.3 is 5.32 Å². The molecule has 2 fully saturated rings. The number of anilines is 2. The van der Waals surface area contributed by atoms with E-state index in [1.54, 1.807) is 30.3 Å². The van der Waals surface area contributed by atoms with Crippen LogP contribution >= 0.6 is 11.6 Å². The summed E-state index contributed by atoms with van der Waals surface area (Å²) in [4.78, 5) is 47.4. The number of nitrogens with zero attached hydrogens (tertiary/aromatic N) is 3. The summed E-state index contributed by atoms with van der Waals surface area (Å²) in [7, 11) is 0. The van der Waals surface area contributed by atoms with Gasteiger partial charge in [0.15, 0.2) is 5.82 Å². The maximum absolute atomic E-state index is 14.4. The van der Waals surface area contributed by atoms with Crippen molar-refractivity contribution in [3.8, 4) is 0 Å². The van der Waals surface area contributed by atoms with Gasteiger partial charge in [0.05, 0.1) is 5.69 Å². The van der Waals surface area contributed by atoms with Crippen molar-refractivity contribution in [1.29, 1.82) is 0 Å². The van der Waals surface area contributed by atoms with Crippen LogP contribution in [0.5, 0.6) is 0 Å². The Morgan fingerprint density at radius 2 is 1.92 bits per heavy atom. The topological polar surface area (TPSA) is 82.6 Å². The van der Waals surface area contributed by atoms with Gasteiger partial charge in [0.2, 0.25) is 11.8 Å². The van der Waals surface area contributed by atoms with Gasteiger partial charge in [-0.25, -0.2) is 13.8 Å². The number of carbonyl (C=O) groups is 3. The molecule has 1 N–H and O–H groups in total. The van der Waals surface area contributed by atoms with E-state index in [1.165, 1.54) is 29.3 Å². The minimum absolute atomic E-state index is 0.0456. The number of benzene rings is 1. The Bertz CT molecular complexity index is 1400. The number of alkyl halides is 2. The molecule has 39 heavy (non-hydrogen) atoms. The fourth-order valence-electron chi connectivity index (χ4n) is 4.93. The Morgan fingerprint density at radius 1 is 1.18 bits per heavy atom. The molecule has 2 aromatic carbocycles. The second-order valence-corrected chi connectivity index (χ2v) is 9.85. The van der Waals surface area contributed by atoms with Gasteiger partial charge in [-0.05, 0) is 30.7 Å². The lowest BCUT2D eigenvalue weighted by molar-refractivity contribution is -0.133. The van der Waals surface area contributed by atoms with Crippen LogP contribution in [-0.4, -0.2) is 40.7 Å². The smallest absolute Gasteiger partial charge is 0.252 e. The monoisotopic (exact) mass is 554 g/mol. The van der Waals surface area contributed by atoms with E-state index >= 15 is 0 Å². The first kappa shape index (κ1) is 26.5. The van der Waals surface area contributed by atoms with Crippen molar-refractivity contribution in [2.75, 3.05) is 9.80 Å². The van der Waals surface area contributed by atoms with E-state index in [9.17, 15) is 27.6 Å². The first-order valence-corrected chi connectivity index (χ1v) is 12.6. The van der Waals surface area contributed by atoms with Crippen molar-refractivity contribution in [2.24, 2.45) is 0 Å². The average molecular weight is 555 g/mol. The summed E-state index contributed by atoms with van der Waals surface area (Å²) in [5, 5.41) is 2.71. The van der Waals surface area contributed by atoms with Crippen LogP contribution in [0.1, 0.15) is 37.3 Å². The van der Waals surface area contributed by atoms with E-state index in [0.29, 0.717) is 0 Å². The zero-order chi connectivity index (χ0) is 27.7. The molecule has 1 saturated carbocycles. The second-order valence-electron chi connectivity index (χ2n) is 9.44. The van der Waals surface area contributed by atoms with E-state index in [1.807, 2.05) is 0 Å². The molecule has 1 aliphatic carbocycles. The minimum Gasteiger partial charge on any atom is -0.351 e. The lowest BCUT2D eigenvalue weighted by Crippen LogP contribution is -2.56. The lowest BCUT2D eigenvalue weighted by Gasteiger charge is -2.39. The van der Waals surface area contributed by atoms with Gasteiger partial charge in [0.25, 0.3) is 11.8 Å². The summed E-state index contributed by atoms with van der Waals surface area (Å²) in [6, 6.07) is 14.8. The van der Waals surface area contributed by atoms with Crippen LogP contribution in [0.3, 0.4) is 0 Å². The number of hydrogen-bond donors (Lipinski definition) is 1. The molecule has 0 radical (unpaired) electrons. The largest absolute Gasteiger partial charge is 0.351 e. The fourth-order valence-corrected chi connectivity index (χ4v) is 5.17. The number of rotatable bonds is 7. The molecule has 3 aromatic rings. The van der Waals surface area contributed by atoms with Crippen LogP contribution in [0.25, 0.3) is 0 Å². The highest BCUT2D eigenvalue weighted by Gasteiger charge is 2.48. The molecule has 5 rings (SSSR count). The van der Waals surface area contributed by atoms with Crippen LogP contribution in [0.4, 0.5) is 24.7 Å². The van der Waals surface area contributed by atoms with Gasteiger partial charge in [0, 0.05) is 54.2 Å². The SMILES string of the molecule is O=C(NC1CC(F)(F)C1)C(c1ccccc1Cl)N(C(=O)[C@@H]1CCC(=O)N1c1ccccn1)c1cc#cc(F)c1.